The first kappa shape index (κ1) is 31.5. The molecule has 0 aliphatic heterocycles. The Morgan fingerprint density at radius 1 is 0.278 bits per heavy atom. The van der Waals surface area contributed by atoms with Crippen molar-refractivity contribution >= 4 is 32.3 Å². The van der Waals surface area contributed by atoms with Crippen molar-refractivity contribution < 1.29 is 0 Å². The summed E-state index contributed by atoms with van der Waals surface area (Å²) in [5, 5.41) is 7.16. The Hall–Kier alpha value is -7.23. The first-order valence-electron chi connectivity index (χ1n) is 18.2. The summed E-state index contributed by atoms with van der Waals surface area (Å²) in [5.74, 6) is 0.696. The number of aromatic nitrogens is 3. The lowest BCUT2D eigenvalue weighted by Crippen LogP contribution is -1.97. The molecule has 0 fully saturated rings. The quantitative estimate of drug-likeness (QED) is 0.163. The van der Waals surface area contributed by atoms with Gasteiger partial charge in [-0.25, -0.2) is 9.97 Å². The van der Waals surface area contributed by atoms with Gasteiger partial charge in [0.2, 0.25) is 0 Å². The van der Waals surface area contributed by atoms with Crippen molar-refractivity contribution in [3.63, 3.8) is 0 Å². The van der Waals surface area contributed by atoms with E-state index in [2.05, 4.69) is 187 Å². The van der Waals surface area contributed by atoms with Crippen molar-refractivity contribution in [2.24, 2.45) is 0 Å². The van der Waals surface area contributed by atoms with Crippen LogP contribution < -0.4 is 0 Å². The summed E-state index contributed by atoms with van der Waals surface area (Å²) in [6, 6.07) is 66.5. The molecule has 0 radical (unpaired) electrons. The van der Waals surface area contributed by atoms with Gasteiger partial charge in [0.1, 0.15) is 0 Å². The maximum Gasteiger partial charge on any atom is 0.160 e. The lowest BCUT2D eigenvalue weighted by atomic mass is 9.94. The average molecular weight is 688 g/mol. The highest BCUT2D eigenvalue weighted by molar-refractivity contribution is 6.13. The molecule has 0 aliphatic carbocycles. The number of rotatable bonds is 6. The zero-order valence-electron chi connectivity index (χ0n) is 29.4. The standard InChI is InChI=1S/C51H33N3/c1-2-10-34(11-3-1)35-22-28-40(29-23-35)51-53-49(31-50(54-51)47-30-41-12-4-6-14-43(41)45-16-8-9-17-46(45)47)39-26-20-37(21-27-39)36-18-24-38(25-19-36)48-33-52-32-42-13-5-7-15-44(42)48/h1-33H. The zero-order chi connectivity index (χ0) is 35.8. The molecule has 10 aromatic rings. The van der Waals surface area contributed by atoms with E-state index < -0.39 is 0 Å². The van der Waals surface area contributed by atoms with Crippen LogP contribution >= 0.6 is 0 Å². The number of hydrogen-bond donors (Lipinski definition) is 0. The molecule has 0 atom stereocenters. The first-order chi connectivity index (χ1) is 26.7. The van der Waals surface area contributed by atoms with E-state index in [1.165, 1.54) is 32.5 Å². The van der Waals surface area contributed by atoms with E-state index in [0.29, 0.717) is 5.82 Å². The predicted octanol–water partition coefficient (Wildman–Crippen LogP) is 13.3. The monoisotopic (exact) mass is 687 g/mol. The predicted molar refractivity (Wildman–Crippen MR) is 225 cm³/mol. The maximum absolute atomic E-state index is 5.26. The molecule has 3 nitrogen and oxygen atoms in total. The van der Waals surface area contributed by atoms with Gasteiger partial charge in [-0.15, -0.1) is 0 Å². The second-order valence-corrected chi connectivity index (χ2v) is 13.7. The molecule has 252 valence electrons. The third-order valence-corrected chi connectivity index (χ3v) is 10.4. The lowest BCUT2D eigenvalue weighted by Gasteiger charge is -2.14. The largest absolute Gasteiger partial charge is 0.263 e. The Morgan fingerprint density at radius 2 is 0.778 bits per heavy atom. The van der Waals surface area contributed by atoms with Crippen molar-refractivity contribution in [3.05, 3.63) is 200 Å². The van der Waals surface area contributed by atoms with Crippen LogP contribution in [0.3, 0.4) is 0 Å². The fraction of sp³-hybridized carbons (Fsp3) is 0. The molecule has 0 saturated heterocycles. The summed E-state index contributed by atoms with van der Waals surface area (Å²) in [6.07, 6.45) is 3.87. The van der Waals surface area contributed by atoms with Crippen LogP contribution in [0.15, 0.2) is 200 Å². The van der Waals surface area contributed by atoms with Gasteiger partial charge < -0.3 is 0 Å². The fourth-order valence-electron chi connectivity index (χ4n) is 7.59. The fourth-order valence-corrected chi connectivity index (χ4v) is 7.59. The molecule has 0 N–H and O–H groups in total. The van der Waals surface area contributed by atoms with E-state index in [9.17, 15) is 0 Å². The van der Waals surface area contributed by atoms with Crippen LogP contribution in [0.25, 0.3) is 99.6 Å². The van der Waals surface area contributed by atoms with Crippen LogP contribution in [-0.4, -0.2) is 15.0 Å². The third-order valence-electron chi connectivity index (χ3n) is 10.4. The molecule has 0 saturated carbocycles. The minimum absolute atomic E-state index is 0.696. The van der Waals surface area contributed by atoms with E-state index in [4.69, 9.17) is 9.97 Å². The van der Waals surface area contributed by atoms with Crippen molar-refractivity contribution in [1.82, 2.24) is 15.0 Å². The molecule has 0 unspecified atom stereocenters. The van der Waals surface area contributed by atoms with Gasteiger partial charge in [-0.2, -0.15) is 0 Å². The minimum atomic E-state index is 0.696. The van der Waals surface area contributed by atoms with Crippen molar-refractivity contribution in [3.8, 4) is 67.3 Å². The minimum Gasteiger partial charge on any atom is -0.263 e. The second-order valence-electron chi connectivity index (χ2n) is 13.7. The Balaban J connectivity index is 1.05. The summed E-state index contributed by atoms with van der Waals surface area (Å²) in [4.78, 5) is 15.0. The van der Waals surface area contributed by atoms with Gasteiger partial charge in [-0.3, -0.25) is 4.98 Å². The molecule has 2 aromatic heterocycles. The maximum atomic E-state index is 5.26. The molecule has 0 aliphatic rings. The number of benzene rings is 8. The number of pyridine rings is 1. The van der Waals surface area contributed by atoms with E-state index in [0.717, 1.165) is 61.3 Å². The summed E-state index contributed by atoms with van der Waals surface area (Å²) in [6.45, 7) is 0. The summed E-state index contributed by atoms with van der Waals surface area (Å²) in [7, 11) is 0. The smallest absolute Gasteiger partial charge is 0.160 e. The molecule has 0 spiro atoms. The summed E-state index contributed by atoms with van der Waals surface area (Å²) >= 11 is 0. The van der Waals surface area contributed by atoms with Crippen molar-refractivity contribution in [1.29, 1.82) is 0 Å². The van der Waals surface area contributed by atoms with E-state index in [1.54, 1.807) is 0 Å². The topological polar surface area (TPSA) is 38.7 Å². The number of nitrogens with zero attached hydrogens (tertiary/aromatic N) is 3. The zero-order valence-corrected chi connectivity index (χ0v) is 29.4. The van der Waals surface area contributed by atoms with Gasteiger partial charge in [0.25, 0.3) is 0 Å². The van der Waals surface area contributed by atoms with Gasteiger partial charge >= 0.3 is 0 Å². The molecule has 10 rings (SSSR count). The first-order valence-corrected chi connectivity index (χ1v) is 18.2. The SMILES string of the molecule is c1ccc(-c2ccc(-c3nc(-c4ccc(-c5ccc(-c6cncc7ccccc67)cc5)cc4)cc(-c4cc5ccccc5c5ccccc45)n3)cc2)cc1. The van der Waals surface area contributed by atoms with Crippen LogP contribution in [0.4, 0.5) is 0 Å². The average Bonchev–Trinajstić information content (AvgIpc) is 3.26. The normalized spacial score (nSPS) is 11.3. The van der Waals surface area contributed by atoms with Crippen LogP contribution in [0, 0.1) is 0 Å². The van der Waals surface area contributed by atoms with E-state index >= 15 is 0 Å². The van der Waals surface area contributed by atoms with Gasteiger partial charge in [0.15, 0.2) is 5.82 Å². The molecule has 3 heteroatoms. The summed E-state index contributed by atoms with van der Waals surface area (Å²) < 4.78 is 0. The highest BCUT2D eigenvalue weighted by Crippen LogP contribution is 2.37. The van der Waals surface area contributed by atoms with Crippen LogP contribution in [0.5, 0.6) is 0 Å². The highest BCUT2D eigenvalue weighted by Gasteiger charge is 2.15. The Morgan fingerprint density at radius 3 is 1.48 bits per heavy atom. The Kier molecular flexibility index (Phi) is 7.81. The van der Waals surface area contributed by atoms with Crippen molar-refractivity contribution in [2.75, 3.05) is 0 Å². The van der Waals surface area contributed by atoms with Crippen LogP contribution in [-0.2, 0) is 0 Å². The van der Waals surface area contributed by atoms with E-state index in [-0.39, 0.29) is 0 Å². The molecule has 2 heterocycles. The highest BCUT2D eigenvalue weighted by atomic mass is 14.9. The van der Waals surface area contributed by atoms with Crippen LogP contribution in [0.1, 0.15) is 0 Å². The lowest BCUT2D eigenvalue weighted by molar-refractivity contribution is 1.19. The number of fused-ring (bicyclic) bond motifs is 4. The third kappa shape index (κ3) is 5.78. The molecule has 8 aromatic carbocycles. The number of hydrogen-bond acceptors (Lipinski definition) is 3. The Labute approximate surface area is 313 Å². The van der Waals surface area contributed by atoms with Gasteiger partial charge in [-0.05, 0) is 66.9 Å². The molecule has 0 bridgehead atoms. The second kappa shape index (κ2) is 13.4. The molecule has 54 heavy (non-hydrogen) atoms. The summed E-state index contributed by atoms with van der Waals surface area (Å²) in [5.41, 5.74) is 11.8. The molecular formula is C51H33N3. The van der Waals surface area contributed by atoms with Gasteiger partial charge in [-0.1, -0.05) is 176 Å². The van der Waals surface area contributed by atoms with Crippen LogP contribution in [0.2, 0.25) is 0 Å². The van der Waals surface area contributed by atoms with E-state index in [1.807, 2.05) is 18.5 Å². The molecular weight excluding hydrogens is 655 g/mol. The van der Waals surface area contributed by atoms with Gasteiger partial charge in [0, 0.05) is 40.0 Å². The van der Waals surface area contributed by atoms with Crippen molar-refractivity contribution in [2.45, 2.75) is 0 Å². The molecule has 0 amide bonds. The van der Waals surface area contributed by atoms with Gasteiger partial charge in [0.05, 0.1) is 11.4 Å². The Bertz CT molecular complexity index is 2950.